The number of hydrogen-bond acceptors (Lipinski definition) is 6. The van der Waals surface area contributed by atoms with E-state index in [0.717, 1.165) is 11.3 Å². The van der Waals surface area contributed by atoms with Gasteiger partial charge in [-0.15, -0.1) is 11.3 Å². The number of benzene rings is 2. The molecule has 0 saturated heterocycles. The Bertz CT molecular complexity index is 1340. The number of carboxylic acid groups (broad SMARTS) is 1. The molecule has 1 aromatic heterocycles. The number of carbonyl (C=O) groups is 2. The molecule has 38 heavy (non-hydrogen) atoms. The zero-order valence-electron chi connectivity index (χ0n) is 21.2. The minimum Gasteiger partial charge on any atom is -0.478 e. The molecule has 0 aliphatic heterocycles. The van der Waals surface area contributed by atoms with Crippen LogP contribution in [0.25, 0.3) is 17.3 Å². The maximum absolute atomic E-state index is 15.5. The van der Waals surface area contributed by atoms with Crippen molar-refractivity contribution in [3.63, 3.8) is 0 Å². The average Bonchev–Trinajstić information content (AvgIpc) is 3.32. The van der Waals surface area contributed by atoms with Crippen LogP contribution in [0.1, 0.15) is 54.8 Å². The lowest BCUT2D eigenvalue weighted by Gasteiger charge is -2.18. The van der Waals surface area contributed by atoms with Crippen molar-refractivity contribution in [2.75, 3.05) is 19.0 Å². The fourth-order valence-corrected chi connectivity index (χ4v) is 4.86. The van der Waals surface area contributed by atoms with Crippen LogP contribution in [0.2, 0.25) is 10.0 Å². The summed E-state index contributed by atoms with van der Waals surface area (Å²) < 4.78 is 26.6. The molecule has 202 valence electrons. The smallest absolute Gasteiger partial charge is 0.331 e. The van der Waals surface area contributed by atoms with E-state index < -0.39 is 23.8 Å². The maximum atomic E-state index is 15.5. The van der Waals surface area contributed by atoms with E-state index in [1.165, 1.54) is 32.2 Å². The Kier molecular flexibility index (Phi) is 10.4. The highest BCUT2D eigenvalue weighted by molar-refractivity contribution is 7.14. The number of methoxy groups -OCH3 is 1. The Hall–Kier alpha value is -2.82. The van der Waals surface area contributed by atoms with Crippen LogP contribution in [0.3, 0.4) is 0 Å². The van der Waals surface area contributed by atoms with Crippen LogP contribution in [0.5, 0.6) is 0 Å². The lowest BCUT2D eigenvalue weighted by molar-refractivity contribution is -0.132. The molecule has 11 heteroatoms. The number of nitrogens with one attached hydrogen (secondary N) is 1. The summed E-state index contributed by atoms with van der Waals surface area (Å²) >= 11 is 13.6. The van der Waals surface area contributed by atoms with Crippen molar-refractivity contribution < 1.29 is 28.6 Å². The van der Waals surface area contributed by atoms with Gasteiger partial charge in [-0.1, -0.05) is 35.3 Å². The molecular formula is C27H27Cl2FN2O5S. The predicted molar refractivity (Wildman–Crippen MR) is 149 cm³/mol. The normalized spacial score (nSPS) is 12.6. The summed E-state index contributed by atoms with van der Waals surface area (Å²) in [6.45, 7) is 5.70. The van der Waals surface area contributed by atoms with Gasteiger partial charge in [0.1, 0.15) is 5.82 Å². The summed E-state index contributed by atoms with van der Waals surface area (Å²) in [6.07, 6.45) is 1.40. The molecule has 0 aliphatic carbocycles. The summed E-state index contributed by atoms with van der Waals surface area (Å²) in [5.74, 6) is -2.09. The second kappa shape index (κ2) is 13.3. The molecule has 2 N–H and O–H groups in total. The number of carboxylic acids is 1. The number of ether oxygens (including phenoxy) is 2. The fourth-order valence-electron chi connectivity index (χ4n) is 3.56. The maximum Gasteiger partial charge on any atom is 0.331 e. The molecule has 7 nitrogen and oxygen atoms in total. The number of halogens is 3. The van der Waals surface area contributed by atoms with E-state index in [4.69, 9.17) is 37.8 Å². The van der Waals surface area contributed by atoms with Crippen molar-refractivity contribution >= 4 is 57.6 Å². The predicted octanol–water partition coefficient (Wildman–Crippen LogP) is 7.50. The summed E-state index contributed by atoms with van der Waals surface area (Å²) in [4.78, 5) is 28.3. The molecule has 3 aromatic rings. The van der Waals surface area contributed by atoms with Gasteiger partial charge in [0, 0.05) is 53.3 Å². The average molecular weight is 581 g/mol. The highest BCUT2D eigenvalue weighted by Crippen LogP contribution is 2.33. The van der Waals surface area contributed by atoms with Gasteiger partial charge < -0.3 is 14.6 Å². The van der Waals surface area contributed by atoms with Gasteiger partial charge in [-0.3, -0.25) is 10.1 Å². The molecule has 0 aliphatic rings. The van der Waals surface area contributed by atoms with E-state index in [9.17, 15) is 9.59 Å². The third-order valence-electron chi connectivity index (χ3n) is 5.53. The van der Waals surface area contributed by atoms with Crippen molar-refractivity contribution in [2.24, 2.45) is 0 Å². The first-order valence-corrected chi connectivity index (χ1v) is 13.3. The number of aliphatic carboxylic acids is 1. The number of carbonyl (C=O) groups excluding carboxylic acids is 1. The lowest BCUT2D eigenvalue weighted by atomic mass is 10.0. The summed E-state index contributed by atoms with van der Waals surface area (Å²) in [5, 5.41) is 13.9. The van der Waals surface area contributed by atoms with Crippen LogP contribution in [0.15, 0.2) is 41.3 Å². The molecule has 1 amide bonds. The van der Waals surface area contributed by atoms with Gasteiger partial charge in [0.25, 0.3) is 5.91 Å². The Balaban J connectivity index is 1.79. The van der Waals surface area contributed by atoms with Crippen LogP contribution in [-0.4, -0.2) is 41.8 Å². The van der Waals surface area contributed by atoms with E-state index in [1.54, 1.807) is 23.6 Å². The number of anilines is 1. The van der Waals surface area contributed by atoms with Gasteiger partial charge >= 0.3 is 5.97 Å². The molecule has 0 bridgehead atoms. The molecule has 1 heterocycles. The minimum absolute atomic E-state index is 0.0401. The van der Waals surface area contributed by atoms with E-state index in [1.807, 2.05) is 13.8 Å². The molecule has 1 atom stereocenters. The van der Waals surface area contributed by atoms with E-state index in [0.29, 0.717) is 29.8 Å². The Morgan fingerprint density at radius 2 is 1.92 bits per heavy atom. The van der Waals surface area contributed by atoms with Gasteiger partial charge in [0.2, 0.25) is 0 Å². The zero-order chi connectivity index (χ0) is 28.0. The molecule has 0 saturated carbocycles. The topological polar surface area (TPSA) is 97.8 Å². The lowest BCUT2D eigenvalue weighted by Crippen LogP contribution is -2.12. The highest BCUT2D eigenvalue weighted by Gasteiger charge is 2.21. The first-order chi connectivity index (χ1) is 18.0. The molecule has 0 fully saturated rings. The third-order valence-corrected chi connectivity index (χ3v) is 6.91. The fraction of sp³-hybridized carbons (Fsp3) is 0.296. The molecular weight excluding hydrogens is 554 g/mol. The van der Waals surface area contributed by atoms with Crippen molar-refractivity contribution in [1.82, 2.24) is 4.98 Å². The highest BCUT2D eigenvalue weighted by atomic mass is 35.5. The standard InChI is InChI=1S/C27H27Cl2FN2O5S/c1-14(2)37-9-8-23(36-4)18-7-5-6-17(24(18)30)22-13-38-27(31-22)32-25(33)16-11-20(28)19(21(29)12-16)10-15(3)26(34)35/h5-7,10-14,23H,8-9H2,1-4H3,(H,34,35)(H,31,32,33)/b15-10+. The SMILES string of the molecule is COC(CCOC(C)C)c1cccc(-c2csc(NC(=O)c3cc(Cl)c(/C=C(\C)C(=O)O)c(Cl)c3)n2)c1F. The Labute approximate surface area is 234 Å². The van der Waals surface area contributed by atoms with Crippen molar-refractivity contribution in [3.8, 4) is 11.3 Å². The van der Waals surface area contributed by atoms with E-state index in [-0.39, 0.29) is 38.0 Å². The van der Waals surface area contributed by atoms with Gasteiger partial charge in [0.15, 0.2) is 5.13 Å². The Morgan fingerprint density at radius 3 is 2.53 bits per heavy atom. The molecule has 2 aromatic carbocycles. The molecule has 0 spiro atoms. The van der Waals surface area contributed by atoms with Crippen LogP contribution in [0.4, 0.5) is 9.52 Å². The molecule has 1 unspecified atom stereocenters. The van der Waals surface area contributed by atoms with E-state index in [2.05, 4.69) is 10.3 Å². The van der Waals surface area contributed by atoms with Gasteiger partial charge in [-0.25, -0.2) is 14.2 Å². The van der Waals surface area contributed by atoms with Crippen molar-refractivity contribution in [2.45, 2.75) is 39.4 Å². The minimum atomic E-state index is -1.11. The summed E-state index contributed by atoms with van der Waals surface area (Å²) in [6, 6.07) is 7.78. The van der Waals surface area contributed by atoms with Crippen LogP contribution < -0.4 is 5.32 Å². The van der Waals surface area contributed by atoms with Crippen molar-refractivity contribution in [1.29, 1.82) is 0 Å². The number of thiazole rings is 1. The van der Waals surface area contributed by atoms with Gasteiger partial charge in [0.05, 0.1) is 27.9 Å². The van der Waals surface area contributed by atoms with Gasteiger partial charge in [-0.05, 0) is 45.0 Å². The number of aromatic nitrogens is 1. The zero-order valence-corrected chi connectivity index (χ0v) is 23.5. The van der Waals surface area contributed by atoms with Crippen LogP contribution in [-0.2, 0) is 14.3 Å². The number of nitrogens with zero attached hydrogens (tertiary/aromatic N) is 1. The number of amides is 1. The molecule has 3 rings (SSSR count). The Morgan fingerprint density at radius 1 is 1.24 bits per heavy atom. The second-order valence-electron chi connectivity index (χ2n) is 8.62. The summed E-state index contributed by atoms with van der Waals surface area (Å²) in [5.41, 5.74) is 1.52. The van der Waals surface area contributed by atoms with Crippen molar-refractivity contribution in [3.05, 3.63) is 73.8 Å². The quantitative estimate of drug-likeness (QED) is 0.228. The first-order valence-electron chi connectivity index (χ1n) is 11.6. The van der Waals surface area contributed by atoms with E-state index >= 15 is 4.39 Å². The largest absolute Gasteiger partial charge is 0.478 e. The van der Waals surface area contributed by atoms with Gasteiger partial charge in [-0.2, -0.15) is 0 Å². The number of hydrogen-bond donors (Lipinski definition) is 2. The molecule has 0 radical (unpaired) electrons. The monoisotopic (exact) mass is 580 g/mol. The van der Waals surface area contributed by atoms with Crippen LogP contribution >= 0.6 is 34.5 Å². The number of rotatable bonds is 11. The van der Waals surface area contributed by atoms with Crippen LogP contribution in [0, 0.1) is 5.82 Å². The second-order valence-corrected chi connectivity index (χ2v) is 10.3. The summed E-state index contributed by atoms with van der Waals surface area (Å²) in [7, 11) is 1.53. The third kappa shape index (κ3) is 7.39. The first kappa shape index (κ1) is 29.7.